The fourth-order valence-corrected chi connectivity index (χ4v) is 2.68. The number of methoxy groups -OCH3 is 3. The summed E-state index contributed by atoms with van der Waals surface area (Å²) in [5.41, 5.74) is 2.36. The summed E-state index contributed by atoms with van der Waals surface area (Å²) in [6, 6.07) is 9.88. The lowest BCUT2D eigenvalue weighted by Gasteiger charge is -2.15. The smallest absolute Gasteiger partial charge is 0.269 e. The molecular weight excluding hydrogens is 338 g/mol. The first-order chi connectivity index (χ1) is 12.6. The van der Waals surface area contributed by atoms with Gasteiger partial charge in [-0.1, -0.05) is 0 Å². The van der Waals surface area contributed by atoms with Gasteiger partial charge in [0, 0.05) is 23.4 Å². The zero-order valence-electron chi connectivity index (χ0n) is 14.5. The van der Waals surface area contributed by atoms with Crippen molar-refractivity contribution in [2.24, 2.45) is 0 Å². The molecule has 8 nitrogen and oxygen atoms in total. The maximum atomic E-state index is 10.8. The van der Waals surface area contributed by atoms with Crippen molar-refractivity contribution in [3.63, 3.8) is 0 Å². The van der Waals surface area contributed by atoms with Crippen molar-refractivity contribution in [3.8, 4) is 34.2 Å². The molecule has 0 amide bonds. The lowest BCUT2D eigenvalue weighted by Crippen LogP contribution is -1.99. The Labute approximate surface area is 149 Å². The maximum Gasteiger partial charge on any atom is 0.269 e. The van der Waals surface area contributed by atoms with Gasteiger partial charge in [-0.05, 0) is 24.3 Å². The number of nitro groups is 1. The van der Waals surface area contributed by atoms with E-state index >= 15 is 0 Å². The van der Waals surface area contributed by atoms with E-state index in [-0.39, 0.29) is 5.69 Å². The van der Waals surface area contributed by atoms with Crippen LogP contribution in [0.4, 0.5) is 5.69 Å². The molecule has 0 aliphatic carbocycles. The molecule has 0 radical (unpaired) electrons. The minimum atomic E-state index is -0.433. The van der Waals surface area contributed by atoms with Crippen molar-refractivity contribution in [1.82, 2.24) is 9.55 Å². The van der Waals surface area contributed by atoms with Crippen LogP contribution in [0.15, 0.2) is 48.9 Å². The molecule has 0 bridgehead atoms. The van der Waals surface area contributed by atoms with Crippen molar-refractivity contribution in [3.05, 3.63) is 59.0 Å². The first-order valence-corrected chi connectivity index (χ1v) is 7.66. The zero-order valence-corrected chi connectivity index (χ0v) is 14.5. The van der Waals surface area contributed by atoms with Crippen molar-refractivity contribution >= 4 is 5.69 Å². The van der Waals surface area contributed by atoms with E-state index in [2.05, 4.69) is 4.98 Å². The van der Waals surface area contributed by atoms with Gasteiger partial charge in [0.2, 0.25) is 5.75 Å². The molecular formula is C18H17N3O5. The van der Waals surface area contributed by atoms with E-state index in [0.717, 1.165) is 16.9 Å². The van der Waals surface area contributed by atoms with E-state index in [1.807, 2.05) is 16.7 Å². The first kappa shape index (κ1) is 17.3. The van der Waals surface area contributed by atoms with Crippen molar-refractivity contribution in [2.75, 3.05) is 21.3 Å². The molecule has 26 heavy (non-hydrogen) atoms. The third-order valence-corrected chi connectivity index (χ3v) is 3.94. The lowest BCUT2D eigenvalue weighted by atomic mass is 10.1. The molecule has 3 aromatic rings. The summed E-state index contributed by atoms with van der Waals surface area (Å²) in [6.07, 6.45) is 3.34. The SMILES string of the molecule is COc1cc(-c2cncn2-c2ccc([N+](=O)[O-])cc2)cc(OC)c1OC. The Bertz CT molecular complexity index is 909. The highest BCUT2D eigenvalue weighted by Gasteiger charge is 2.17. The Kier molecular flexibility index (Phi) is 4.74. The number of rotatable bonds is 6. The second kappa shape index (κ2) is 7.14. The average molecular weight is 355 g/mol. The minimum Gasteiger partial charge on any atom is -0.493 e. The van der Waals surface area contributed by atoms with Gasteiger partial charge in [-0.15, -0.1) is 0 Å². The van der Waals surface area contributed by atoms with Gasteiger partial charge in [0.05, 0.1) is 44.5 Å². The topological polar surface area (TPSA) is 88.7 Å². The van der Waals surface area contributed by atoms with Crippen molar-refractivity contribution in [2.45, 2.75) is 0 Å². The van der Waals surface area contributed by atoms with Crippen LogP contribution in [-0.2, 0) is 0 Å². The Morgan fingerprint density at radius 3 is 2.12 bits per heavy atom. The molecule has 0 aliphatic heterocycles. The van der Waals surface area contributed by atoms with E-state index in [0.29, 0.717) is 17.2 Å². The number of hydrogen-bond acceptors (Lipinski definition) is 6. The van der Waals surface area contributed by atoms with Gasteiger partial charge < -0.3 is 14.2 Å². The van der Waals surface area contributed by atoms with Crippen LogP contribution in [0.2, 0.25) is 0 Å². The summed E-state index contributed by atoms with van der Waals surface area (Å²) in [5, 5.41) is 10.8. The van der Waals surface area contributed by atoms with Crippen LogP contribution < -0.4 is 14.2 Å². The highest BCUT2D eigenvalue weighted by atomic mass is 16.6. The molecule has 1 aromatic heterocycles. The predicted molar refractivity (Wildman–Crippen MR) is 95.3 cm³/mol. The third kappa shape index (κ3) is 3.04. The largest absolute Gasteiger partial charge is 0.493 e. The molecule has 0 fully saturated rings. The lowest BCUT2D eigenvalue weighted by molar-refractivity contribution is -0.384. The molecule has 2 aromatic carbocycles. The van der Waals surface area contributed by atoms with Crippen LogP contribution >= 0.6 is 0 Å². The minimum absolute atomic E-state index is 0.0307. The van der Waals surface area contributed by atoms with Gasteiger partial charge >= 0.3 is 0 Å². The maximum absolute atomic E-state index is 10.8. The van der Waals surface area contributed by atoms with Crippen LogP contribution in [0.5, 0.6) is 17.2 Å². The molecule has 3 rings (SSSR count). The van der Waals surface area contributed by atoms with E-state index in [1.165, 1.54) is 12.1 Å². The molecule has 0 spiro atoms. The van der Waals surface area contributed by atoms with Gasteiger partial charge in [-0.3, -0.25) is 14.7 Å². The number of benzene rings is 2. The standard InChI is InChI=1S/C18H17N3O5/c1-24-16-8-12(9-17(25-2)18(16)26-3)15-10-19-11-20(15)13-4-6-14(7-5-13)21(22)23/h4-11H,1-3H3. The summed E-state index contributed by atoms with van der Waals surface area (Å²) in [5.74, 6) is 1.55. The van der Waals surface area contributed by atoms with Crippen LogP contribution in [0, 0.1) is 10.1 Å². The highest BCUT2D eigenvalue weighted by Crippen LogP contribution is 2.41. The van der Waals surface area contributed by atoms with E-state index < -0.39 is 4.92 Å². The molecule has 0 unspecified atom stereocenters. The third-order valence-electron chi connectivity index (χ3n) is 3.94. The number of ether oxygens (including phenoxy) is 3. The molecule has 1 heterocycles. The molecule has 0 saturated carbocycles. The normalized spacial score (nSPS) is 10.4. The summed E-state index contributed by atoms with van der Waals surface area (Å²) in [4.78, 5) is 14.6. The van der Waals surface area contributed by atoms with Crippen molar-refractivity contribution < 1.29 is 19.1 Å². The van der Waals surface area contributed by atoms with Gasteiger partial charge in [0.25, 0.3) is 5.69 Å². The summed E-state index contributed by atoms with van der Waals surface area (Å²) in [6.45, 7) is 0. The van der Waals surface area contributed by atoms with Crippen LogP contribution in [0.25, 0.3) is 16.9 Å². The summed E-state index contributed by atoms with van der Waals surface area (Å²) in [7, 11) is 4.64. The number of hydrogen-bond donors (Lipinski definition) is 0. The van der Waals surface area contributed by atoms with Gasteiger partial charge in [-0.2, -0.15) is 0 Å². The van der Waals surface area contributed by atoms with E-state index in [4.69, 9.17) is 14.2 Å². The Morgan fingerprint density at radius 2 is 1.62 bits per heavy atom. The number of imidazole rings is 1. The Hall–Kier alpha value is -3.55. The molecule has 0 aliphatic rings. The van der Waals surface area contributed by atoms with E-state index in [9.17, 15) is 10.1 Å². The molecule has 8 heteroatoms. The highest BCUT2D eigenvalue weighted by molar-refractivity contribution is 5.70. The number of nitro benzene ring substituents is 1. The molecule has 0 saturated heterocycles. The van der Waals surface area contributed by atoms with Gasteiger partial charge in [0.15, 0.2) is 11.5 Å². The first-order valence-electron chi connectivity index (χ1n) is 7.66. The summed E-state index contributed by atoms with van der Waals surface area (Å²) < 4.78 is 18.0. The number of non-ortho nitro benzene ring substituents is 1. The molecule has 134 valence electrons. The van der Waals surface area contributed by atoms with Crippen LogP contribution in [-0.4, -0.2) is 35.8 Å². The number of nitrogens with zero attached hydrogens (tertiary/aromatic N) is 3. The molecule has 0 atom stereocenters. The second-order valence-electron chi connectivity index (χ2n) is 5.34. The number of aromatic nitrogens is 2. The Balaban J connectivity index is 2.09. The monoisotopic (exact) mass is 355 g/mol. The average Bonchev–Trinajstić information content (AvgIpc) is 3.16. The van der Waals surface area contributed by atoms with Gasteiger partial charge in [0.1, 0.15) is 0 Å². The zero-order chi connectivity index (χ0) is 18.7. The predicted octanol–water partition coefficient (Wildman–Crippen LogP) is 3.47. The summed E-state index contributed by atoms with van der Waals surface area (Å²) >= 11 is 0. The van der Waals surface area contributed by atoms with Crippen LogP contribution in [0.1, 0.15) is 0 Å². The fourth-order valence-electron chi connectivity index (χ4n) is 2.68. The quantitative estimate of drug-likeness (QED) is 0.497. The Morgan fingerprint density at radius 1 is 1.00 bits per heavy atom. The molecule has 0 N–H and O–H groups in total. The fraction of sp³-hybridized carbons (Fsp3) is 0.167. The van der Waals surface area contributed by atoms with Crippen LogP contribution in [0.3, 0.4) is 0 Å². The van der Waals surface area contributed by atoms with E-state index in [1.54, 1.807) is 46.0 Å². The van der Waals surface area contributed by atoms with Crippen molar-refractivity contribution in [1.29, 1.82) is 0 Å². The van der Waals surface area contributed by atoms with Gasteiger partial charge in [-0.25, -0.2) is 4.98 Å². The second-order valence-corrected chi connectivity index (χ2v) is 5.34.